The summed E-state index contributed by atoms with van der Waals surface area (Å²) in [6.07, 6.45) is 4.04. The SMILES string of the molecule is O=C(O)c1sc(CCN2CCCC2)nc1Cc1cccs1. The monoisotopic (exact) mass is 322 g/mol. The molecule has 21 heavy (non-hydrogen) atoms. The first-order chi connectivity index (χ1) is 10.2. The number of carboxylic acids is 1. The maximum Gasteiger partial charge on any atom is 0.347 e. The highest BCUT2D eigenvalue weighted by Gasteiger charge is 2.19. The Morgan fingerprint density at radius 3 is 2.86 bits per heavy atom. The zero-order valence-corrected chi connectivity index (χ0v) is 13.4. The lowest BCUT2D eigenvalue weighted by atomic mass is 10.2. The number of thiazole rings is 1. The second-order valence-electron chi connectivity index (χ2n) is 5.24. The topological polar surface area (TPSA) is 53.4 Å². The van der Waals surface area contributed by atoms with E-state index in [2.05, 4.69) is 9.88 Å². The molecule has 0 atom stereocenters. The summed E-state index contributed by atoms with van der Waals surface area (Å²) in [4.78, 5) is 20.0. The molecule has 3 rings (SSSR count). The van der Waals surface area contributed by atoms with Crippen molar-refractivity contribution >= 4 is 28.6 Å². The fraction of sp³-hybridized carbons (Fsp3) is 0.467. The minimum Gasteiger partial charge on any atom is -0.477 e. The van der Waals surface area contributed by atoms with Gasteiger partial charge in [-0.25, -0.2) is 9.78 Å². The largest absolute Gasteiger partial charge is 0.477 e. The standard InChI is InChI=1S/C15H18N2O2S2/c18-15(19)14-12(10-11-4-3-9-20-11)16-13(21-14)5-8-17-6-1-2-7-17/h3-4,9H,1-2,5-8,10H2,(H,18,19). The lowest BCUT2D eigenvalue weighted by Crippen LogP contribution is -2.21. The molecule has 6 heteroatoms. The van der Waals surface area contributed by atoms with Gasteiger partial charge in [0.15, 0.2) is 0 Å². The molecule has 0 aromatic carbocycles. The van der Waals surface area contributed by atoms with Crippen LogP contribution in [0.2, 0.25) is 0 Å². The van der Waals surface area contributed by atoms with Crippen LogP contribution in [-0.4, -0.2) is 40.6 Å². The molecule has 112 valence electrons. The number of hydrogen-bond acceptors (Lipinski definition) is 5. The molecule has 2 aromatic rings. The zero-order valence-electron chi connectivity index (χ0n) is 11.7. The van der Waals surface area contributed by atoms with Crippen molar-refractivity contribution in [2.24, 2.45) is 0 Å². The first-order valence-corrected chi connectivity index (χ1v) is 8.88. The van der Waals surface area contributed by atoms with Gasteiger partial charge in [-0.3, -0.25) is 0 Å². The van der Waals surface area contributed by atoms with Crippen molar-refractivity contribution in [2.75, 3.05) is 19.6 Å². The average Bonchev–Trinajstić information content (AvgIpc) is 3.18. The van der Waals surface area contributed by atoms with Crippen molar-refractivity contribution in [1.82, 2.24) is 9.88 Å². The summed E-state index contributed by atoms with van der Waals surface area (Å²) in [5.41, 5.74) is 0.714. The Hall–Kier alpha value is -1.24. The van der Waals surface area contributed by atoms with Crippen molar-refractivity contribution in [3.63, 3.8) is 0 Å². The van der Waals surface area contributed by atoms with Crippen molar-refractivity contribution < 1.29 is 9.90 Å². The Morgan fingerprint density at radius 2 is 2.19 bits per heavy atom. The van der Waals surface area contributed by atoms with Crippen LogP contribution in [-0.2, 0) is 12.8 Å². The molecule has 0 amide bonds. The fourth-order valence-corrected chi connectivity index (χ4v) is 4.25. The van der Waals surface area contributed by atoms with Crippen LogP contribution < -0.4 is 0 Å². The van der Waals surface area contributed by atoms with E-state index in [0.717, 1.165) is 22.9 Å². The van der Waals surface area contributed by atoms with Crippen molar-refractivity contribution in [1.29, 1.82) is 0 Å². The lowest BCUT2D eigenvalue weighted by molar-refractivity contribution is 0.0701. The lowest BCUT2D eigenvalue weighted by Gasteiger charge is -2.12. The maximum absolute atomic E-state index is 11.4. The Morgan fingerprint density at radius 1 is 1.38 bits per heavy atom. The van der Waals surface area contributed by atoms with E-state index in [-0.39, 0.29) is 0 Å². The van der Waals surface area contributed by atoms with Crippen LogP contribution in [0.15, 0.2) is 17.5 Å². The van der Waals surface area contributed by atoms with Crippen molar-refractivity contribution in [3.05, 3.63) is 38.0 Å². The van der Waals surface area contributed by atoms with Crippen molar-refractivity contribution in [2.45, 2.75) is 25.7 Å². The molecule has 1 N–H and O–H groups in total. The third kappa shape index (κ3) is 3.70. The number of carboxylic acid groups (broad SMARTS) is 1. The molecular formula is C15H18N2O2S2. The van der Waals surface area contributed by atoms with Crippen LogP contribution in [0.3, 0.4) is 0 Å². The van der Waals surface area contributed by atoms with Gasteiger partial charge in [-0.2, -0.15) is 0 Å². The van der Waals surface area contributed by atoms with Crippen molar-refractivity contribution in [3.8, 4) is 0 Å². The Balaban J connectivity index is 1.70. The van der Waals surface area contributed by atoms with Gasteiger partial charge in [-0.15, -0.1) is 22.7 Å². The van der Waals surface area contributed by atoms with Gasteiger partial charge in [-0.1, -0.05) is 6.07 Å². The highest BCUT2D eigenvalue weighted by Crippen LogP contribution is 2.24. The van der Waals surface area contributed by atoms with E-state index in [9.17, 15) is 9.90 Å². The Labute approximate surface area is 132 Å². The molecule has 3 heterocycles. The molecule has 0 radical (unpaired) electrons. The molecule has 4 nitrogen and oxygen atoms in total. The van der Waals surface area contributed by atoms with E-state index >= 15 is 0 Å². The molecule has 1 aliphatic rings. The first-order valence-electron chi connectivity index (χ1n) is 7.19. The highest BCUT2D eigenvalue weighted by atomic mass is 32.1. The molecule has 0 spiro atoms. The Kier molecular flexibility index (Phi) is 4.67. The van der Waals surface area contributed by atoms with E-state index < -0.39 is 5.97 Å². The fourth-order valence-electron chi connectivity index (χ4n) is 2.63. The van der Waals surface area contributed by atoms with E-state index in [0.29, 0.717) is 17.0 Å². The third-order valence-electron chi connectivity index (χ3n) is 3.70. The van der Waals surface area contributed by atoms with Gasteiger partial charge in [0, 0.05) is 24.3 Å². The zero-order chi connectivity index (χ0) is 14.7. The summed E-state index contributed by atoms with van der Waals surface area (Å²) in [5.74, 6) is -0.855. The number of nitrogens with zero attached hydrogens (tertiary/aromatic N) is 2. The van der Waals surface area contributed by atoms with Gasteiger partial charge in [-0.05, 0) is 37.4 Å². The molecule has 1 aliphatic heterocycles. The number of hydrogen-bond donors (Lipinski definition) is 1. The first kappa shape index (κ1) is 14.7. The second kappa shape index (κ2) is 6.68. The summed E-state index contributed by atoms with van der Waals surface area (Å²) in [5, 5.41) is 12.3. The molecule has 0 aliphatic carbocycles. The van der Waals surface area contributed by atoms with Crippen LogP contribution in [0.25, 0.3) is 0 Å². The summed E-state index contributed by atoms with van der Waals surface area (Å²) < 4.78 is 0. The summed E-state index contributed by atoms with van der Waals surface area (Å²) in [6.45, 7) is 3.32. The minimum absolute atomic E-state index is 0.403. The van der Waals surface area contributed by atoms with Crippen LogP contribution in [0.4, 0.5) is 0 Å². The predicted molar refractivity (Wildman–Crippen MR) is 85.6 cm³/mol. The van der Waals surface area contributed by atoms with Crippen LogP contribution >= 0.6 is 22.7 Å². The molecule has 1 fully saturated rings. The van der Waals surface area contributed by atoms with Gasteiger partial charge >= 0.3 is 5.97 Å². The Bertz CT molecular complexity index is 601. The number of likely N-dealkylation sites (tertiary alicyclic amines) is 1. The van der Waals surface area contributed by atoms with Gasteiger partial charge in [0.2, 0.25) is 0 Å². The number of rotatable bonds is 6. The number of carbonyl (C=O) groups is 1. The van der Waals surface area contributed by atoms with Crippen LogP contribution in [0, 0.1) is 0 Å². The smallest absolute Gasteiger partial charge is 0.347 e. The van der Waals surface area contributed by atoms with E-state index in [1.54, 1.807) is 11.3 Å². The molecule has 0 saturated carbocycles. The number of thiophene rings is 1. The maximum atomic E-state index is 11.4. The molecular weight excluding hydrogens is 304 g/mol. The number of aromatic carboxylic acids is 1. The minimum atomic E-state index is -0.855. The molecule has 1 saturated heterocycles. The highest BCUT2D eigenvalue weighted by molar-refractivity contribution is 7.13. The average molecular weight is 322 g/mol. The van der Waals surface area contributed by atoms with E-state index in [1.165, 1.54) is 37.3 Å². The van der Waals surface area contributed by atoms with E-state index in [1.807, 2.05) is 17.5 Å². The molecule has 2 aromatic heterocycles. The normalized spacial score (nSPS) is 15.6. The van der Waals surface area contributed by atoms with Gasteiger partial charge in [0.25, 0.3) is 0 Å². The van der Waals surface area contributed by atoms with Crippen LogP contribution in [0.5, 0.6) is 0 Å². The molecule has 0 bridgehead atoms. The van der Waals surface area contributed by atoms with E-state index in [4.69, 9.17) is 0 Å². The second-order valence-corrected chi connectivity index (χ2v) is 7.36. The predicted octanol–water partition coefficient (Wildman–Crippen LogP) is 3.13. The number of aromatic nitrogens is 1. The molecule has 0 unspecified atom stereocenters. The summed E-state index contributed by atoms with van der Waals surface area (Å²) in [7, 11) is 0. The quantitative estimate of drug-likeness (QED) is 0.888. The third-order valence-corrected chi connectivity index (χ3v) is 5.72. The van der Waals surface area contributed by atoms with Gasteiger partial charge in [0.05, 0.1) is 10.7 Å². The van der Waals surface area contributed by atoms with Gasteiger partial charge in [0.1, 0.15) is 4.88 Å². The summed E-state index contributed by atoms with van der Waals surface area (Å²) >= 11 is 2.98. The summed E-state index contributed by atoms with van der Waals surface area (Å²) in [6, 6.07) is 4.01. The van der Waals surface area contributed by atoms with Gasteiger partial charge < -0.3 is 10.0 Å². The van der Waals surface area contributed by atoms with Crippen LogP contribution in [0.1, 0.15) is 38.1 Å².